The molecular weight excluding hydrogens is 416 g/mol. The first-order valence-corrected chi connectivity index (χ1v) is 11.0. The third kappa shape index (κ3) is 4.82. The van der Waals surface area contributed by atoms with Crippen molar-refractivity contribution in [3.05, 3.63) is 30.1 Å². The molecule has 32 heavy (non-hydrogen) atoms. The van der Waals surface area contributed by atoms with E-state index in [0.717, 1.165) is 6.42 Å². The van der Waals surface area contributed by atoms with E-state index >= 15 is 0 Å². The van der Waals surface area contributed by atoms with Gasteiger partial charge in [0.1, 0.15) is 12.1 Å². The maximum absolute atomic E-state index is 13.2. The zero-order valence-corrected chi connectivity index (χ0v) is 17.9. The predicted octanol–water partition coefficient (Wildman–Crippen LogP) is -0.945. The van der Waals surface area contributed by atoms with Gasteiger partial charge in [-0.15, -0.1) is 0 Å². The van der Waals surface area contributed by atoms with Crippen molar-refractivity contribution >= 4 is 23.8 Å². The predicted molar refractivity (Wildman–Crippen MR) is 113 cm³/mol. The first-order valence-electron chi connectivity index (χ1n) is 11.0. The number of piperidine rings is 1. The standard InChI is InChI=1S/C21H28N6O5/c28-18-16(4-2-6-23-18)24-19(29)17-14-26(21(31)25-9-11-32-12-10-25)7-8-27(17)20(30)15-3-1-5-22-13-15/h1,3,5,13,16-17H,2,4,6-12,14H2,(H,23,28)(H,24,29)/t16-,17-/m1/s1. The van der Waals surface area contributed by atoms with Gasteiger partial charge in [-0.3, -0.25) is 19.4 Å². The molecule has 3 fully saturated rings. The third-order valence-electron chi connectivity index (χ3n) is 6.01. The van der Waals surface area contributed by atoms with Crippen molar-refractivity contribution in [2.24, 2.45) is 0 Å². The molecule has 0 saturated carbocycles. The Labute approximate surface area is 186 Å². The van der Waals surface area contributed by atoms with Crippen LogP contribution in [-0.2, 0) is 14.3 Å². The number of urea groups is 1. The molecule has 5 amide bonds. The minimum Gasteiger partial charge on any atom is -0.378 e. The topological polar surface area (TPSA) is 124 Å². The van der Waals surface area contributed by atoms with Crippen molar-refractivity contribution in [1.29, 1.82) is 0 Å². The van der Waals surface area contributed by atoms with Gasteiger partial charge in [-0.1, -0.05) is 0 Å². The van der Waals surface area contributed by atoms with Gasteiger partial charge in [0.15, 0.2) is 0 Å². The molecule has 172 valence electrons. The average molecular weight is 444 g/mol. The van der Waals surface area contributed by atoms with Crippen LogP contribution >= 0.6 is 0 Å². The first kappa shape index (κ1) is 22.0. The molecule has 0 aliphatic carbocycles. The molecule has 1 aromatic rings. The van der Waals surface area contributed by atoms with Gasteiger partial charge in [0.05, 0.1) is 25.3 Å². The molecule has 3 aliphatic rings. The molecule has 3 saturated heterocycles. The molecule has 11 nitrogen and oxygen atoms in total. The van der Waals surface area contributed by atoms with E-state index in [1.807, 2.05) is 0 Å². The quantitative estimate of drug-likeness (QED) is 0.620. The Morgan fingerprint density at radius 1 is 1.12 bits per heavy atom. The van der Waals surface area contributed by atoms with Crippen LogP contribution in [0, 0.1) is 0 Å². The number of morpholine rings is 1. The van der Waals surface area contributed by atoms with Crippen LogP contribution in [0.5, 0.6) is 0 Å². The number of aromatic nitrogens is 1. The summed E-state index contributed by atoms with van der Waals surface area (Å²) in [5.74, 6) is -1.000. The van der Waals surface area contributed by atoms with Gasteiger partial charge >= 0.3 is 6.03 Å². The fourth-order valence-electron chi connectivity index (χ4n) is 4.21. The molecule has 11 heteroatoms. The first-order chi connectivity index (χ1) is 15.5. The van der Waals surface area contributed by atoms with Crippen LogP contribution in [0.4, 0.5) is 4.79 Å². The number of ether oxygens (including phenoxy) is 1. The maximum Gasteiger partial charge on any atom is 0.320 e. The van der Waals surface area contributed by atoms with Crippen molar-refractivity contribution in [2.75, 3.05) is 52.5 Å². The minimum absolute atomic E-state index is 0.0579. The van der Waals surface area contributed by atoms with Crippen LogP contribution < -0.4 is 10.6 Å². The summed E-state index contributed by atoms with van der Waals surface area (Å²) in [7, 11) is 0. The Kier molecular flexibility index (Phi) is 6.84. The average Bonchev–Trinajstić information content (AvgIpc) is 2.85. The van der Waals surface area contributed by atoms with E-state index in [2.05, 4.69) is 15.6 Å². The molecule has 0 bridgehead atoms. The third-order valence-corrected chi connectivity index (χ3v) is 6.01. The molecule has 0 radical (unpaired) electrons. The lowest BCUT2D eigenvalue weighted by Crippen LogP contribution is -2.65. The molecule has 0 spiro atoms. The summed E-state index contributed by atoms with van der Waals surface area (Å²) in [5, 5.41) is 5.53. The SMILES string of the molecule is O=C(N[C@@H]1CCCNC1=O)[C@H]1CN(C(=O)N2CCOCC2)CCN1C(=O)c1cccnc1. The lowest BCUT2D eigenvalue weighted by Gasteiger charge is -2.43. The minimum atomic E-state index is -0.906. The van der Waals surface area contributed by atoms with E-state index in [4.69, 9.17) is 4.74 Å². The van der Waals surface area contributed by atoms with Gasteiger partial charge in [-0.05, 0) is 25.0 Å². The summed E-state index contributed by atoms with van der Waals surface area (Å²) in [5.41, 5.74) is 0.369. The fourth-order valence-corrected chi connectivity index (χ4v) is 4.21. The molecule has 4 heterocycles. The van der Waals surface area contributed by atoms with Gasteiger partial charge in [-0.25, -0.2) is 4.79 Å². The van der Waals surface area contributed by atoms with Crippen molar-refractivity contribution in [1.82, 2.24) is 30.3 Å². The van der Waals surface area contributed by atoms with Gasteiger partial charge in [0.25, 0.3) is 5.91 Å². The van der Waals surface area contributed by atoms with Crippen LogP contribution in [0.15, 0.2) is 24.5 Å². The molecule has 3 aliphatic heterocycles. The zero-order valence-electron chi connectivity index (χ0n) is 17.9. The highest BCUT2D eigenvalue weighted by molar-refractivity contribution is 5.98. The molecule has 2 N–H and O–H groups in total. The Morgan fingerprint density at radius 3 is 2.66 bits per heavy atom. The summed E-state index contributed by atoms with van der Waals surface area (Å²) in [4.78, 5) is 60.3. The number of carbonyl (C=O) groups is 4. The van der Waals surface area contributed by atoms with Gasteiger partial charge in [-0.2, -0.15) is 0 Å². The molecular formula is C21H28N6O5. The largest absolute Gasteiger partial charge is 0.378 e. The highest BCUT2D eigenvalue weighted by atomic mass is 16.5. The van der Waals surface area contributed by atoms with Crippen molar-refractivity contribution in [2.45, 2.75) is 24.9 Å². The Balaban J connectivity index is 1.51. The monoisotopic (exact) mass is 444 g/mol. The number of hydrogen-bond acceptors (Lipinski definition) is 6. The Hall–Kier alpha value is -3.21. The van der Waals surface area contributed by atoms with E-state index in [-0.39, 0.29) is 30.9 Å². The molecule has 2 atom stereocenters. The van der Waals surface area contributed by atoms with E-state index in [9.17, 15) is 19.2 Å². The fraction of sp³-hybridized carbons (Fsp3) is 0.571. The normalized spacial score (nSPS) is 24.0. The van der Waals surface area contributed by atoms with Gasteiger partial charge in [0.2, 0.25) is 11.8 Å². The van der Waals surface area contributed by atoms with E-state index in [1.165, 1.54) is 11.1 Å². The van der Waals surface area contributed by atoms with E-state index in [1.54, 1.807) is 28.1 Å². The van der Waals surface area contributed by atoms with E-state index < -0.39 is 18.0 Å². The number of hydrogen-bond donors (Lipinski definition) is 2. The summed E-state index contributed by atoms with van der Waals surface area (Å²) in [6, 6.07) is 1.58. The number of pyridine rings is 1. The molecule has 4 rings (SSSR count). The summed E-state index contributed by atoms with van der Waals surface area (Å²) >= 11 is 0. The van der Waals surface area contributed by atoms with Crippen molar-refractivity contribution in [3.8, 4) is 0 Å². The second kappa shape index (κ2) is 9.94. The van der Waals surface area contributed by atoms with Crippen molar-refractivity contribution < 1.29 is 23.9 Å². The lowest BCUT2D eigenvalue weighted by atomic mass is 10.0. The number of piperazine rings is 1. The molecule has 0 aromatic carbocycles. The van der Waals surface area contributed by atoms with Crippen LogP contribution in [0.2, 0.25) is 0 Å². The number of carbonyl (C=O) groups excluding carboxylic acids is 4. The van der Waals surface area contributed by atoms with Crippen molar-refractivity contribution in [3.63, 3.8) is 0 Å². The summed E-state index contributed by atoms with van der Waals surface area (Å²) in [6.07, 6.45) is 4.33. The zero-order chi connectivity index (χ0) is 22.5. The van der Waals surface area contributed by atoms with Crippen LogP contribution in [0.1, 0.15) is 23.2 Å². The van der Waals surface area contributed by atoms with Crippen LogP contribution in [0.25, 0.3) is 0 Å². The van der Waals surface area contributed by atoms with Crippen LogP contribution in [-0.4, -0.2) is 108 Å². The highest BCUT2D eigenvalue weighted by Crippen LogP contribution is 2.17. The number of nitrogens with zero attached hydrogens (tertiary/aromatic N) is 4. The second-order valence-electron chi connectivity index (χ2n) is 8.08. The number of amides is 5. The number of nitrogens with one attached hydrogen (secondary N) is 2. The lowest BCUT2D eigenvalue weighted by molar-refractivity contribution is -0.133. The van der Waals surface area contributed by atoms with Gasteiger partial charge < -0.3 is 30.1 Å². The molecule has 1 aromatic heterocycles. The van der Waals surface area contributed by atoms with Crippen LogP contribution in [0.3, 0.4) is 0 Å². The summed E-state index contributed by atoms with van der Waals surface area (Å²) in [6.45, 7) is 3.11. The molecule has 0 unspecified atom stereocenters. The second-order valence-corrected chi connectivity index (χ2v) is 8.08. The Bertz CT molecular complexity index is 859. The highest BCUT2D eigenvalue weighted by Gasteiger charge is 2.40. The number of rotatable bonds is 3. The van der Waals surface area contributed by atoms with Gasteiger partial charge in [0, 0.05) is 45.1 Å². The van der Waals surface area contributed by atoms with E-state index in [0.29, 0.717) is 51.4 Å². The maximum atomic E-state index is 13.2. The smallest absolute Gasteiger partial charge is 0.320 e. The Morgan fingerprint density at radius 2 is 1.94 bits per heavy atom. The summed E-state index contributed by atoms with van der Waals surface area (Å²) < 4.78 is 5.32.